The molecule has 1 aromatic heterocycles. The fraction of sp³-hybridized carbons (Fsp3) is 0.500. The van der Waals surface area contributed by atoms with Gasteiger partial charge in [0.25, 0.3) is 6.43 Å². The normalized spacial score (nSPS) is 11.9. The molecule has 0 aliphatic rings. The van der Waals surface area contributed by atoms with Gasteiger partial charge < -0.3 is 9.84 Å². The number of nitrogens with zero attached hydrogens (tertiary/aromatic N) is 1. The summed E-state index contributed by atoms with van der Waals surface area (Å²) in [5.41, 5.74) is -6.37. The molecule has 1 N–H and O–H groups in total. The molecule has 0 aromatic carbocycles. The second kappa shape index (κ2) is 7.10. The van der Waals surface area contributed by atoms with Gasteiger partial charge in [0.2, 0.25) is 0 Å². The van der Waals surface area contributed by atoms with E-state index in [0.717, 1.165) is 0 Å². The summed E-state index contributed by atoms with van der Waals surface area (Å²) in [6.07, 6.45) is -8.81. The van der Waals surface area contributed by atoms with Crippen molar-refractivity contribution in [2.24, 2.45) is 0 Å². The van der Waals surface area contributed by atoms with Crippen LogP contribution in [0.2, 0.25) is 0 Å². The fourth-order valence-electron chi connectivity index (χ4n) is 2.20. The predicted octanol–water partition coefficient (Wildman–Crippen LogP) is 4.04. The van der Waals surface area contributed by atoms with Crippen LogP contribution >= 0.6 is 0 Å². The van der Waals surface area contributed by atoms with Gasteiger partial charge in [0, 0.05) is 0 Å². The van der Waals surface area contributed by atoms with Crippen molar-refractivity contribution in [2.75, 3.05) is 6.61 Å². The first-order valence-electron chi connectivity index (χ1n) is 6.76. The fourth-order valence-corrected chi connectivity index (χ4v) is 2.20. The Bertz CT molecular complexity index is 656. The van der Waals surface area contributed by atoms with Gasteiger partial charge in [-0.1, -0.05) is 13.8 Å². The molecular formula is C14H14F5NO4. The largest absolute Gasteiger partial charge is 0.478 e. The molecule has 0 aliphatic carbocycles. The zero-order valence-electron chi connectivity index (χ0n) is 12.9. The van der Waals surface area contributed by atoms with Gasteiger partial charge in [-0.25, -0.2) is 23.4 Å². The Hall–Kier alpha value is -2.26. The molecule has 5 nitrogen and oxygen atoms in total. The molecule has 1 heterocycles. The first-order chi connectivity index (χ1) is 10.9. The number of hydrogen-bond acceptors (Lipinski definition) is 4. The molecule has 0 amide bonds. The highest BCUT2D eigenvalue weighted by Gasteiger charge is 2.43. The molecule has 0 fully saturated rings. The molecule has 1 aromatic rings. The second-order valence-corrected chi connectivity index (χ2v) is 4.99. The molecule has 134 valence electrons. The van der Waals surface area contributed by atoms with Gasteiger partial charge in [-0.05, 0) is 18.4 Å². The lowest BCUT2D eigenvalue weighted by atomic mass is 9.89. The van der Waals surface area contributed by atoms with Crippen molar-refractivity contribution >= 4 is 11.9 Å². The average Bonchev–Trinajstić information content (AvgIpc) is 2.43. The summed E-state index contributed by atoms with van der Waals surface area (Å²) in [5, 5.41) is 9.17. The Kier molecular flexibility index (Phi) is 5.85. The van der Waals surface area contributed by atoms with Crippen molar-refractivity contribution in [3.05, 3.63) is 28.1 Å². The lowest BCUT2D eigenvalue weighted by molar-refractivity contribution is -0.142. The van der Waals surface area contributed by atoms with Crippen molar-refractivity contribution < 1.29 is 41.4 Å². The Labute approximate surface area is 133 Å². The van der Waals surface area contributed by atoms with E-state index in [9.17, 15) is 31.5 Å². The highest BCUT2D eigenvalue weighted by Crippen LogP contribution is 2.39. The maximum atomic E-state index is 13.2. The smallest absolute Gasteiger partial charge is 0.434 e. The number of pyridine rings is 1. The molecule has 0 aliphatic heterocycles. The summed E-state index contributed by atoms with van der Waals surface area (Å²) in [7, 11) is 0. The van der Waals surface area contributed by atoms with E-state index in [2.05, 4.69) is 9.72 Å². The summed E-state index contributed by atoms with van der Waals surface area (Å²) < 4.78 is 70.3. The van der Waals surface area contributed by atoms with E-state index in [4.69, 9.17) is 5.11 Å². The van der Waals surface area contributed by atoms with Crippen molar-refractivity contribution in [2.45, 2.75) is 39.3 Å². The average molecular weight is 355 g/mol. The number of esters is 1. The lowest BCUT2D eigenvalue weighted by Gasteiger charge is -2.21. The van der Waals surface area contributed by atoms with E-state index in [1.807, 2.05) is 0 Å². The van der Waals surface area contributed by atoms with Crippen LogP contribution < -0.4 is 0 Å². The molecule has 0 spiro atoms. The van der Waals surface area contributed by atoms with Gasteiger partial charge in [-0.2, -0.15) is 13.2 Å². The standard InChI is InChI=1S/C14H14F5NO4/c1-4-24-13(23)8-6(5(2)3)7(12(21)22)9(11(15)16)20-10(8)14(17,18)19/h5,11H,4H2,1-3H3,(H,21,22). The minimum atomic E-state index is -5.24. The Morgan fingerprint density at radius 2 is 1.75 bits per heavy atom. The SMILES string of the molecule is CCOC(=O)c1c(C(F)(F)F)nc(C(F)F)c(C(=O)O)c1C(C)C. The monoisotopic (exact) mass is 355 g/mol. The number of aromatic nitrogens is 1. The number of carboxylic acid groups (broad SMARTS) is 1. The van der Waals surface area contributed by atoms with Crippen LogP contribution in [0.5, 0.6) is 0 Å². The number of alkyl halides is 5. The molecule has 0 atom stereocenters. The van der Waals surface area contributed by atoms with Gasteiger partial charge >= 0.3 is 18.1 Å². The molecule has 0 radical (unpaired) electrons. The number of halogens is 5. The number of carbonyl (C=O) groups is 2. The van der Waals surface area contributed by atoms with Gasteiger partial charge in [-0.15, -0.1) is 0 Å². The van der Waals surface area contributed by atoms with Crippen molar-refractivity contribution in [3.8, 4) is 0 Å². The quantitative estimate of drug-likeness (QED) is 0.637. The summed E-state index contributed by atoms with van der Waals surface area (Å²) in [6.45, 7) is 3.60. The van der Waals surface area contributed by atoms with Crippen LogP contribution in [0.4, 0.5) is 22.0 Å². The van der Waals surface area contributed by atoms with E-state index < -0.39 is 58.5 Å². The summed E-state index contributed by atoms with van der Waals surface area (Å²) in [4.78, 5) is 26.0. The van der Waals surface area contributed by atoms with Crippen LogP contribution in [0, 0.1) is 0 Å². The van der Waals surface area contributed by atoms with E-state index >= 15 is 0 Å². The number of carboxylic acids is 1. The number of carbonyl (C=O) groups excluding carboxylic acids is 1. The van der Waals surface area contributed by atoms with Gasteiger partial charge in [0.15, 0.2) is 5.69 Å². The second-order valence-electron chi connectivity index (χ2n) is 4.99. The Morgan fingerprint density at radius 1 is 1.21 bits per heavy atom. The number of ether oxygens (including phenoxy) is 1. The maximum Gasteiger partial charge on any atom is 0.434 e. The minimum absolute atomic E-state index is 0.285. The molecule has 1 rings (SSSR count). The minimum Gasteiger partial charge on any atom is -0.478 e. The van der Waals surface area contributed by atoms with Crippen molar-refractivity contribution in [1.29, 1.82) is 0 Å². The highest BCUT2D eigenvalue weighted by molar-refractivity contribution is 5.99. The predicted molar refractivity (Wildman–Crippen MR) is 71.2 cm³/mol. The van der Waals surface area contributed by atoms with Crippen LogP contribution in [0.1, 0.15) is 70.8 Å². The summed E-state index contributed by atoms with van der Waals surface area (Å²) >= 11 is 0. The number of hydrogen-bond donors (Lipinski definition) is 1. The molecule has 0 bridgehead atoms. The molecular weight excluding hydrogens is 341 g/mol. The molecule has 0 saturated heterocycles. The van der Waals surface area contributed by atoms with Crippen LogP contribution in [0.25, 0.3) is 0 Å². The number of rotatable bonds is 5. The zero-order chi connectivity index (χ0) is 18.8. The van der Waals surface area contributed by atoms with E-state index in [0.29, 0.717) is 0 Å². The molecule has 24 heavy (non-hydrogen) atoms. The van der Waals surface area contributed by atoms with Gasteiger partial charge in [-0.3, -0.25) is 0 Å². The lowest BCUT2D eigenvalue weighted by Crippen LogP contribution is -2.25. The molecule has 0 unspecified atom stereocenters. The topological polar surface area (TPSA) is 76.5 Å². The van der Waals surface area contributed by atoms with Crippen molar-refractivity contribution in [1.82, 2.24) is 4.98 Å². The van der Waals surface area contributed by atoms with Crippen LogP contribution in [-0.4, -0.2) is 28.6 Å². The molecule has 0 saturated carbocycles. The van der Waals surface area contributed by atoms with Gasteiger partial charge in [0.05, 0.1) is 17.7 Å². The Morgan fingerprint density at radius 3 is 2.08 bits per heavy atom. The first kappa shape index (κ1) is 19.8. The molecule has 10 heteroatoms. The Balaban J connectivity index is 4.04. The van der Waals surface area contributed by atoms with E-state index in [-0.39, 0.29) is 6.61 Å². The van der Waals surface area contributed by atoms with E-state index in [1.165, 1.54) is 20.8 Å². The third kappa shape index (κ3) is 3.80. The third-order valence-electron chi connectivity index (χ3n) is 3.01. The van der Waals surface area contributed by atoms with Crippen LogP contribution in [0.3, 0.4) is 0 Å². The summed E-state index contributed by atoms with van der Waals surface area (Å²) in [5.74, 6) is -4.35. The highest BCUT2D eigenvalue weighted by atomic mass is 19.4. The first-order valence-corrected chi connectivity index (χ1v) is 6.76. The third-order valence-corrected chi connectivity index (χ3v) is 3.01. The van der Waals surface area contributed by atoms with Gasteiger partial charge in [0.1, 0.15) is 5.69 Å². The van der Waals surface area contributed by atoms with Crippen molar-refractivity contribution in [3.63, 3.8) is 0 Å². The van der Waals surface area contributed by atoms with Crippen LogP contribution in [-0.2, 0) is 10.9 Å². The number of aromatic carboxylic acids is 1. The van der Waals surface area contributed by atoms with Crippen LogP contribution in [0.15, 0.2) is 0 Å². The zero-order valence-corrected chi connectivity index (χ0v) is 12.9. The van der Waals surface area contributed by atoms with E-state index in [1.54, 1.807) is 0 Å². The summed E-state index contributed by atoms with van der Waals surface area (Å²) in [6, 6.07) is 0. The maximum absolute atomic E-state index is 13.2.